The van der Waals surface area contributed by atoms with E-state index in [0.717, 1.165) is 5.69 Å². The Balaban J connectivity index is 0.00000256. The third-order valence-electron chi connectivity index (χ3n) is 2.52. The smallest absolute Gasteiger partial charge is 0.326 e. The van der Waals surface area contributed by atoms with E-state index in [4.69, 9.17) is 0 Å². The lowest BCUT2D eigenvalue weighted by molar-refractivity contribution is -0.138. The summed E-state index contributed by atoms with van der Waals surface area (Å²) < 4.78 is 0. The van der Waals surface area contributed by atoms with Gasteiger partial charge in [0, 0.05) is 25.1 Å². The zero-order valence-electron chi connectivity index (χ0n) is 10.3. The number of carbonyl (C=O) groups is 1. The summed E-state index contributed by atoms with van der Waals surface area (Å²) in [4.78, 5) is 16.9. The van der Waals surface area contributed by atoms with Gasteiger partial charge in [-0.25, -0.2) is 4.79 Å². The van der Waals surface area contributed by atoms with E-state index in [2.05, 4.69) is 4.98 Å². The number of carboxylic acid groups (broad SMARTS) is 1. The van der Waals surface area contributed by atoms with E-state index < -0.39 is 12.0 Å². The summed E-state index contributed by atoms with van der Waals surface area (Å²) in [7, 11) is 1.80. The van der Waals surface area contributed by atoms with Crippen LogP contribution >= 0.6 is 12.4 Å². The first kappa shape index (κ1) is 15.7. The minimum atomic E-state index is -0.784. The van der Waals surface area contributed by atoms with Gasteiger partial charge in [0.05, 0.1) is 0 Å². The van der Waals surface area contributed by atoms with E-state index >= 15 is 0 Å². The summed E-state index contributed by atoms with van der Waals surface area (Å²) >= 11 is 0. The molecule has 0 bridgehead atoms. The van der Waals surface area contributed by atoms with Gasteiger partial charge in [0.1, 0.15) is 6.04 Å². The molecule has 0 spiro atoms. The summed E-state index contributed by atoms with van der Waals surface area (Å²) in [6, 6.07) is 3.15. The number of hydrogen-bond donors (Lipinski definition) is 1. The Hall–Kier alpha value is -1.29. The molecule has 0 aliphatic heterocycles. The number of nitrogens with zero attached hydrogens (tertiary/aromatic N) is 2. The molecule has 4 nitrogen and oxygen atoms in total. The molecular formula is C12H19ClN2O2. The fraction of sp³-hybridized carbons (Fsp3) is 0.500. The van der Waals surface area contributed by atoms with Gasteiger partial charge in [0.2, 0.25) is 0 Å². The predicted molar refractivity (Wildman–Crippen MR) is 70.8 cm³/mol. The van der Waals surface area contributed by atoms with Gasteiger partial charge >= 0.3 is 5.97 Å². The SMILES string of the molecule is CC(C)CC(C(=O)O)N(C)c1ccncc1.Cl. The van der Waals surface area contributed by atoms with Crippen molar-refractivity contribution in [2.45, 2.75) is 26.3 Å². The molecule has 1 aromatic rings. The van der Waals surface area contributed by atoms with Gasteiger partial charge in [-0.3, -0.25) is 4.98 Å². The van der Waals surface area contributed by atoms with Crippen molar-refractivity contribution in [1.82, 2.24) is 4.98 Å². The molecule has 1 N–H and O–H groups in total. The average molecular weight is 259 g/mol. The first-order chi connectivity index (χ1) is 7.52. The molecule has 5 heteroatoms. The van der Waals surface area contributed by atoms with E-state index in [1.807, 2.05) is 26.0 Å². The average Bonchev–Trinajstić information content (AvgIpc) is 2.25. The second-order valence-corrected chi connectivity index (χ2v) is 4.30. The Labute approximate surface area is 108 Å². The standard InChI is InChI=1S/C12H18N2O2.ClH/c1-9(2)8-11(12(15)16)14(3)10-4-6-13-7-5-10;/h4-7,9,11H,8H2,1-3H3,(H,15,16);1H. The molecule has 0 amide bonds. The van der Waals surface area contributed by atoms with Crippen molar-refractivity contribution in [2.75, 3.05) is 11.9 Å². The Morgan fingerprint density at radius 2 is 1.94 bits per heavy atom. The van der Waals surface area contributed by atoms with Gasteiger partial charge in [-0.15, -0.1) is 12.4 Å². The molecule has 0 aliphatic carbocycles. The van der Waals surface area contributed by atoms with Gasteiger partial charge in [0.15, 0.2) is 0 Å². The van der Waals surface area contributed by atoms with Crippen molar-refractivity contribution in [3.05, 3.63) is 24.5 Å². The molecule has 0 radical (unpaired) electrons. The highest BCUT2D eigenvalue weighted by Gasteiger charge is 2.23. The second kappa shape index (κ2) is 7.12. The Morgan fingerprint density at radius 1 is 1.41 bits per heavy atom. The molecular weight excluding hydrogens is 240 g/mol. The van der Waals surface area contributed by atoms with E-state index in [1.54, 1.807) is 24.3 Å². The molecule has 0 saturated heterocycles. The van der Waals surface area contributed by atoms with Gasteiger partial charge in [-0.2, -0.15) is 0 Å². The first-order valence-corrected chi connectivity index (χ1v) is 5.38. The van der Waals surface area contributed by atoms with Crippen LogP contribution in [0.1, 0.15) is 20.3 Å². The van der Waals surface area contributed by atoms with E-state index in [9.17, 15) is 9.90 Å². The van der Waals surface area contributed by atoms with Crippen molar-refractivity contribution in [3.8, 4) is 0 Å². The molecule has 17 heavy (non-hydrogen) atoms. The number of pyridine rings is 1. The maximum absolute atomic E-state index is 11.2. The molecule has 1 rings (SSSR count). The number of aliphatic carboxylic acids is 1. The summed E-state index contributed by atoms with van der Waals surface area (Å²) in [6.45, 7) is 4.05. The number of anilines is 1. The zero-order valence-corrected chi connectivity index (χ0v) is 11.1. The van der Waals surface area contributed by atoms with Crippen LogP contribution in [0, 0.1) is 5.92 Å². The molecule has 0 aliphatic rings. The fourth-order valence-electron chi connectivity index (χ4n) is 1.63. The van der Waals surface area contributed by atoms with Crippen LogP contribution in [-0.4, -0.2) is 29.1 Å². The van der Waals surface area contributed by atoms with Crippen LogP contribution in [0.15, 0.2) is 24.5 Å². The van der Waals surface area contributed by atoms with Crippen LogP contribution < -0.4 is 4.90 Å². The van der Waals surface area contributed by atoms with Crippen LogP contribution in [-0.2, 0) is 4.79 Å². The largest absolute Gasteiger partial charge is 0.480 e. The van der Waals surface area contributed by atoms with E-state index in [0.29, 0.717) is 12.3 Å². The van der Waals surface area contributed by atoms with Crippen molar-refractivity contribution >= 4 is 24.1 Å². The van der Waals surface area contributed by atoms with Crippen LogP contribution in [0.5, 0.6) is 0 Å². The van der Waals surface area contributed by atoms with Gasteiger partial charge in [-0.05, 0) is 24.5 Å². The van der Waals surface area contributed by atoms with E-state index in [-0.39, 0.29) is 12.4 Å². The maximum atomic E-state index is 11.2. The van der Waals surface area contributed by atoms with Gasteiger partial charge < -0.3 is 10.0 Å². The van der Waals surface area contributed by atoms with Crippen molar-refractivity contribution in [1.29, 1.82) is 0 Å². The third kappa shape index (κ3) is 4.61. The quantitative estimate of drug-likeness (QED) is 0.881. The van der Waals surface area contributed by atoms with Crippen LogP contribution in [0.3, 0.4) is 0 Å². The summed E-state index contributed by atoms with van der Waals surface area (Å²) in [5, 5.41) is 9.20. The topological polar surface area (TPSA) is 53.4 Å². The number of rotatable bonds is 5. The lowest BCUT2D eigenvalue weighted by Gasteiger charge is -2.27. The number of carboxylic acids is 1. The highest BCUT2D eigenvalue weighted by atomic mass is 35.5. The number of aromatic nitrogens is 1. The maximum Gasteiger partial charge on any atom is 0.326 e. The first-order valence-electron chi connectivity index (χ1n) is 5.38. The number of hydrogen-bond acceptors (Lipinski definition) is 3. The fourth-order valence-corrected chi connectivity index (χ4v) is 1.63. The third-order valence-corrected chi connectivity index (χ3v) is 2.52. The minimum absolute atomic E-state index is 0. The lowest BCUT2D eigenvalue weighted by atomic mass is 10.0. The summed E-state index contributed by atoms with van der Waals surface area (Å²) in [5.74, 6) is -0.432. The Bertz CT molecular complexity index is 344. The molecule has 1 heterocycles. The molecule has 0 saturated carbocycles. The summed E-state index contributed by atoms with van der Waals surface area (Å²) in [5.41, 5.74) is 0.878. The molecule has 1 aromatic heterocycles. The number of halogens is 1. The van der Waals surface area contributed by atoms with Crippen molar-refractivity contribution in [3.63, 3.8) is 0 Å². The second-order valence-electron chi connectivity index (χ2n) is 4.30. The lowest BCUT2D eigenvalue weighted by Crippen LogP contribution is -2.39. The van der Waals surface area contributed by atoms with Crippen LogP contribution in [0.25, 0.3) is 0 Å². The molecule has 0 aromatic carbocycles. The predicted octanol–water partition coefficient (Wildman–Crippen LogP) is 2.44. The molecule has 96 valence electrons. The zero-order chi connectivity index (χ0) is 12.1. The van der Waals surface area contributed by atoms with Crippen molar-refractivity contribution in [2.24, 2.45) is 5.92 Å². The normalized spacial score (nSPS) is 11.8. The minimum Gasteiger partial charge on any atom is -0.480 e. The monoisotopic (exact) mass is 258 g/mol. The van der Waals surface area contributed by atoms with Gasteiger partial charge in [-0.1, -0.05) is 13.8 Å². The highest BCUT2D eigenvalue weighted by molar-refractivity contribution is 5.85. The van der Waals surface area contributed by atoms with Crippen LogP contribution in [0.4, 0.5) is 5.69 Å². The van der Waals surface area contributed by atoms with Gasteiger partial charge in [0.25, 0.3) is 0 Å². The van der Waals surface area contributed by atoms with E-state index in [1.165, 1.54) is 0 Å². The number of likely N-dealkylation sites (N-methyl/N-ethyl adjacent to an activating group) is 1. The molecule has 1 unspecified atom stereocenters. The highest BCUT2D eigenvalue weighted by Crippen LogP contribution is 2.18. The summed E-state index contributed by atoms with van der Waals surface area (Å²) in [6.07, 6.45) is 3.97. The van der Waals surface area contributed by atoms with Crippen LogP contribution in [0.2, 0.25) is 0 Å². The molecule has 0 fully saturated rings. The Kier molecular flexibility index (Phi) is 6.58. The van der Waals surface area contributed by atoms with Crippen molar-refractivity contribution < 1.29 is 9.90 Å². The molecule has 1 atom stereocenters. The Morgan fingerprint density at radius 3 is 2.35 bits per heavy atom.